The van der Waals surface area contributed by atoms with Gasteiger partial charge in [0.15, 0.2) is 5.82 Å². The minimum absolute atomic E-state index is 0. The summed E-state index contributed by atoms with van der Waals surface area (Å²) in [4.78, 5) is 60.3. The van der Waals surface area contributed by atoms with Gasteiger partial charge in [-0.25, -0.2) is 15.0 Å². The van der Waals surface area contributed by atoms with E-state index in [1.807, 2.05) is 294 Å². The van der Waals surface area contributed by atoms with Crippen molar-refractivity contribution < 1.29 is 101 Å². The quantitative estimate of drug-likeness (QED) is 0.0995. The van der Waals surface area contributed by atoms with Gasteiger partial charge in [0.05, 0.1) is 17.1 Å². The number of rotatable bonds is 13. The van der Waals surface area contributed by atoms with Crippen molar-refractivity contribution in [2.24, 2.45) is 0 Å². The van der Waals surface area contributed by atoms with Crippen LogP contribution in [0.4, 0.5) is 0 Å². The second kappa shape index (κ2) is 55.3. The van der Waals surface area contributed by atoms with E-state index in [4.69, 9.17) is 20.6 Å². The first-order valence-electron chi connectivity index (χ1n) is 48.3. The van der Waals surface area contributed by atoms with Gasteiger partial charge in [-0.1, -0.05) is 104 Å². The summed E-state index contributed by atoms with van der Waals surface area (Å²) in [6, 6.07) is 132. The van der Waals surface area contributed by atoms with Crippen LogP contribution in [0.15, 0.2) is 402 Å². The number of hydrogen-bond acceptors (Lipinski definition) is 14. The zero-order chi connectivity index (χ0) is 102. The van der Waals surface area contributed by atoms with Crippen molar-refractivity contribution in [2.45, 2.75) is 61.5 Å². The third-order valence-electron chi connectivity index (χ3n) is 18.5. The van der Waals surface area contributed by atoms with Crippen LogP contribution in [0.25, 0.3) is 135 Å². The summed E-state index contributed by atoms with van der Waals surface area (Å²) in [6.07, 6.45) is 14.5. The van der Waals surface area contributed by atoms with Gasteiger partial charge in [-0.15, -0.1) is 287 Å². The molecule has 14 nitrogen and oxygen atoms in total. The standard InChI is InChI=1S/C18H15N2.C17H13N2.C16H13N4.C16H11N2.4C12H10N.4Ir/c1-2-16-9-6-10-17(20-16)15-11-12-19-18(13-15)14-7-4-3-5-8-14;1-13-6-5-9-16(19-13)15-10-11-18-17(12-15)14-7-3-2-4-8-14;1-11-18-12(2)20-16(19-11)14-8-9-15(17-10-14)13-6-4-3-5-7-13;1-2-6-13(7-3-1)16-12-14(9-11-18-16)15-8-4-5-10-17-15;4*1-10-7-8-12(13-9-10)11-5-3-2-4-6-11;;;;/h3-7,9-13H,2H2,1H3;2-7,9-12H,1H3;3-6,8-10H,1-2H3;1-6,8-12H;4*2-5,7-9H,1H3;;;;/q8*-1;;;;/i1D3;;;;4*1D3;;;;. The third-order valence-corrected chi connectivity index (χ3v) is 18.5. The van der Waals surface area contributed by atoms with Crippen molar-refractivity contribution in [1.29, 1.82) is 0 Å². The van der Waals surface area contributed by atoms with E-state index in [1.54, 1.807) is 104 Å². The molecule has 12 heterocycles. The van der Waals surface area contributed by atoms with Crippen molar-refractivity contribution >= 4 is 0 Å². The summed E-state index contributed by atoms with van der Waals surface area (Å²) in [6.45, 7) is -4.67. The Morgan fingerprint density at radius 2 is 0.526 bits per heavy atom. The Kier molecular flexibility index (Phi) is 34.1. The van der Waals surface area contributed by atoms with Gasteiger partial charge in [0.1, 0.15) is 11.6 Å². The van der Waals surface area contributed by atoms with Gasteiger partial charge in [-0.2, -0.15) is 0 Å². The fourth-order valence-corrected chi connectivity index (χ4v) is 12.3. The van der Waals surface area contributed by atoms with E-state index in [0.29, 0.717) is 23.2 Å². The monoisotopic (exact) mass is 2460 g/mol. The van der Waals surface area contributed by atoms with Crippen LogP contribution in [0.2, 0.25) is 0 Å². The fraction of sp³-hybridized carbons (Fsp3) is 0.0783. The minimum Gasteiger partial charge on any atom is -0.305 e. The molecule has 20 rings (SSSR count). The predicted octanol–water partition coefficient (Wildman–Crippen LogP) is 26.1. The molecule has 0 unspecified atom stereocenters. The molecule has 8 aromatic carbocycles. The van der Waals surface area contributed by atoms with Crippen LogP contribution < -0.4 is 0 Å². The molecular weight excluding hydrogens is 2350 g/mol. The SMILES string of the molecule is Cc1cccc(-c2ccnc(-c3[c-]cccc3)c2)n1.Cc1nc(C)nc(-c2ccc(-c3[c-]cccc3)nc2)n1.[2H]C([2H])([2H])Cc1cccc(-c2ccnc(-c3[c-]cccc3)c2)n1.[2H]C([2H])([2H])c1ccc(-c2[c-]cccc2)nc1.[2H]C([2H])([2H])c1ccc(-c2[c-]cccc2)nc1.[2H]C([2H])([2H])c1ccc(-c2[c-]cccc2)nc1.[2H]C([2H])([2H])c1ccc(-c2[c-]cccc2)nc1.[Ir].[Ir].[Ir].[Ir].[c-]1ccccc1-c1cc(-c2ccccn2)ccn1. The molecule has 20 aromatic rings. The van der Waals surface area contributed by atoms with Gasteiger partial charge in [-0.05, 0) is 194 Å². The molecule has 0 amide bonds. The van der Waals surface area contributed by atoms with Crippen molar-refractivity contribution in [3.8, 4) is 135 Å². The van der Waals surface area contributed by atoms with Gasteiger partial charge in [0.25, 0.3) is 0 Å². The number of aromatic nitrogens is 14. The normalized spacial score (nSPS) is 12.0. The van der Waals surface area contributed by atoms with Crippen LogP contribution in [0.1, 0.15) is 72.7 Å². The molecule has 133 heavy (non-hydrogen) atoms. The molecule has 666 valence electrons. The second-order valence-electron chi connectivity index (χ2n) is 28.0. The zero-order valence-electron chi connectivity index (χ0n) is 86.9. The molecule has 4 radical (unpaired) electrons. The van der Waals surface area contributed by atoms with E-state index in [2.05, 4.69) is 118 Å². The molecule has 18 heteroatoms. The Labute approximate surface area is 856 Å². The topological polar surface area (TPSA) is 180 Å². The Morgan fingerprint density at radius 3 is 0.812 bits per heavy atom. The molecule has 0 fully saturated rings. The van der Waals surface area contributed by atoms with E-state index in [9.17, 15) is 0 Å². The Balaban J connectivity index is 0.000000188. The van der Waals surface area contributed by atoms with Gasteiger partial charge in [0, 0.05) is 174 Å². The third kappa shape index (κ3) is 32.8. The number of nitrogens with zero attached hydrogens (tertiary/aromatic N) is 14. The summed E-state index contributed by atoms with van der Waals surface area (Å²) in [7, 11) is 0. The number of hydrogen-bond donors (Lipinski definition) is 0. The maximum absolute atomic E-state index is 7.37. The van der Waals surface area contributed by atoms with Gasteiger partial charge < -0.3 is 39.9 Å². The molecule has 0 aliphatic carbocycles. The maximum atomic E-state index is 7.37. The maximum Gasteiger partial charge on any atom is 0.164 e. The van der Waals surface area contributed by atoms with Gasteiger partial charge in [0.2, 0.25) is 0 Å². The average Bonchev–Trinajstić information content (AvgIpc) is 0.861. The first kappa shape index (κ1) is 82.2. The molecule has 0 saturated carbocycles. The van der Waals surface area contributed by atoms with Crippen molar-refractivity contribution in [1.82, 2.24) is 69.8 Å². The molecular formula is C115H92Ir4N14-8. The van der Waals surface area contributed by atoms with Crippen LogP contribution in [0, 0.1) is 96.7 Å². The van der Waals surface area contributed by atoms with E-state index < -0.39 is 34.3 Å². The van der Waals surface area contributed by atoms with Crippen LogP contribution in [0.5, 0.6) is 0 Å². The van der Waals surface area contributed by atoms with E-state index in [-0.39, 0.29) is 109 Å². The predicted molar refractivity (Wildman–Crippen MR) is 519 cm³/mol. The largest absolute Gasteiger partial charge is 0.305 e. The van der Waals surface area contributed by atoms with E-state index in [0.717, 1.165) is 135 Å². The number of pyridine rings is 11. The molecule has 0 bridgehead atoms. The fourth-order valence-electron chi connectivity index (χ4n) is 12.3. The molecule has 0 saturated heterocycles. The van der Waals surface area contributed by atoms with Crippen molar-refractivity contribution in [3.63, 3.8) is 0 Å². The average molecular weight is 2450 g/mol. The summed E-state index contributed by atoms with van der Waals surface area (Å²) < 4.78 is 109. The number of benzene rings is 8. The van der Waals surface area contributed by atoms with Gasteiger partial charge >= 0.3 is 0 Å². The molecule has 0 aliphatic rings. The Bertz CT molecular complexity index is 6910. The van der Waals surface area contributed by atoms with Crippen molar-refractivity contribution in [2.75, 3.05) is 0 Å². The van der Waals surface area contributed by atoms with Crippen LogP contribution >= 0.6 is 0 Å². The van der Waals surface area contributed by atoms with E-state index >= 15 is 0 Å². The molecule has 12 aromatic heterocycles. The smallest absolute Gasteiger partial charge is 0.164 e. The van der Waals surface area contributed by atoms with E-state index in [1.165, 1.54) is 24.8 Å². The van der Waals surface area contributed by atoms with Crippen LogP contribution in [-0.4, -0.2) is 69.8 Å². The molecule has 0 N–H and O–H groups in total. The minimum atomic E-state index is -2.09. The number of aryl methyl sites for hydroxylation is 8. The van der Waals surface area contributed by atoms with Crippen LogP contribution in [0.3, 0.4) is 0 Å². The Morgan fingerprint density at radius 1 is 0.226 bits per heavy atom. The second-order valence-corrected chi connectivity index (χ2v) is 28.0. The summed E-state index contributed by atoms with van der Waals surface area (Å²) in [5, 5.41) is 0. The summed E-state index contributed by atoms with van der Waals surface area (Å²) in [5.74, 6) is 2.09. The molecule has 0 atom stereocenters. The molecule has 0 aliphatic heterocycles. The van der Waals surface area contributed by atoms with Gasteiger partial charge in [-0.3, -0.25) is 15.0 Å². The summed E-state index contributed by atoms with van der Waals surface area (Å²) >= 11 is 0. The first-order chi connectivity index (χ1) is 69.3. The van der Waals surface area contributed by atoms with Crippen LogP contribution in [-0.2, 0) is 86.8 Å². The van der Waals surface area contributed by atoms with Crippen molar-refractivity contribution in [3.05, 3.63) is 495 Å². The Hall–Kier alpha value is -14.0. The first-order valence-corrected chi connectivity index (χ1v) is 40.8. The zero-order valence-corrected chi connectivity index (χ0v) is 81.5. The summed E-state index contributed by atoms with van der Waals surface area (Å²) in [5.41, 5.74) is 23.0. The molecule has 0 spiro atoms.